The van der Waals surface area contributed by atoms with Crippen molar-refractivity contribution < 1.29 is 32.2 Å². The van der Waals surface area contributed by atoms with Gasteiger partial charge in [-0.25, -0.2) is 4.79 Å². The number of fused-ring (bicyclic) bond motifs is 1. The zero-order chi connectivity index (χ0) is 21.3. The maximum atomic E-state index is 13.5. The summed E-state index contributed by atoms with van der Waals surface area (Å²) >= 11 is 14.4. The molecule has 10 heteroatoms. The Morgan fingerprint density at radius 1 is 1.17 bits per heavy atom. The van der Waals surface area contributed by atoms with Crippen LogP contribution in [0.4, 0.5) is 13.2 Å². The Kier molecular flexibility index (Phi) is 6.54. The van der Waals surface area contributed by atoms with Gasteiger partial charge in [0.2, 0.25) is 6.10 Å². The van der Waals surface area contributed by atoms with Gasteiger partial charge in [0, 0.05) is 15.2 Å². The van der Waals surface area contributed by atoms with Crippen LogP contribution in [-0.2, 0) is 9.53 Å². The van der Waals surface area contributed by atoms with Crippen molar-refractivity contribution in [3.05, 3.63) is 55.1 Å². The van der Waals surface area contributed by atoms with E-state index < -0.39 is 23.8 Å². The van der Waals surface area contributed by atoms with Gasteiger partial charge >= 0.3 is 12.1 Å². The number of rotatable bonds is 4. The molecule has 0 saturated carbocycles. The molecule has 29 heavy (non-hydrogen) atoms. The van der Waals surface area contributed by atoms with Crippen LogP contribution < -0.4 is 9.47 Å². The normalized spacial score (nSPS) is 15.8. The Labute approximate surface area is 187 Å². The van der Waals surface area contributed by atoms with Crippen molar-refractivity contribution in [1.29, 1.82) is 0 Å². The fourth-order valence-corrected chi connectivity index (χ4v) is 3.68. The van der Waals surface area contributed by atoms with Crippen molar-refractivity contribution in [2.24, 2.45) is 0 Å². The van der Waals surface area contributed by atoms with Crippen LogP contribution in [0.1, 0.15) is 12.5 Å². The highest BCUT2D eigenvalue weighted by molar-refractivity contribution is 14.1. The highest BCUT2D eigenvalue weighted by atomic mass is 127. The second-order valence-electron chi connectivity index (χ2n) is 5.86. The molecule has 0 amide bonds. The number of esters is 1. The lowest BCUT2D eigenvalue weighted by atomic mass is 10.0. The third-order valence-corrected chi connectivity index (χ3v) is 5.09. The van der Waals surface area contributed by atoms with Gasteiger partial charge in [0.25, 0.3) is 0 Å². The van der Waals surface area contributed by atoms with Crippen LogP contribution in [0.15, 0.2) is 35.9 Å². The Morgan fingerprint density at radius 2 is 1.86 bits per heavy atom. The highest BCUT2D eigenvalue weighted by Crippen LogP contribution is 2.43. The summed E-state index contributed by atoms with van der Waals surface area (Å²) in [5, 5.41) is 0.413. The van der Waals surface area contributed by atoms with Crippen LogP contribution >= 0.6 is 45.8 Å². The largest absolute Gasteiger partial charge is 0.475 e. The first-order valence-corrected chi connectivity index (χ1v) is 10.0. The number of ether oxygens (including phenoxy) is 3. The molecule has 0 N–H and O–H groups in total. The lowest BCUT2D eigenvalue weighted by Gasteiger charge is -2.28. The Hall–Kier alpha value is -1.65. The molecule has 1 heterocycles. The Morgan fingerprint density at radius 3 is 2.48 bits per heavy atom. The van der Waals surface area contributed by atoms with E-state index in [4.69, 9.17) is 37.4 Å². The molecule has 1 atom stereocenters. The van der Waals surface area contributed by atoms with Crippen LogP contribution in [-0.4, -0.2) is 24.9 Å². The van der Waals surface area contributed by atoms with E-state index in [2.05, 4.69) is 22.6 Å². The smallest absolute Gasteiger partial charge is 0.430 e. The van der Waals surface area contributed by atoms with Gasteiger partial charge in [-0.2, -0.15) is 13.2 Å². The van der Waals surface area contributed by atoms with Crippen molar-refractivity contribution in [2.75, 3.05) is 6.61 Å². The van der Waals surface area contributed by atoms with E-state index in [1.54, 1.807) is 18.2 Å². The van der Waals surface area contributed by atoms with Crippen LogP contribution in [0, 0.1) is 3.57 Å². The van der Waals surface area contributed by atoms with Gasteiger partial charge in [-0.3, -0.25) is 0 Å². The maximum Gasteiger partial charge on any atom is 0.430 e. The molecule has 3 rings (SSSR count). The van der Waals surface area contributed by atoms with Gasteiger partial charge in [-0.1, -0.05) is 23.2 Å². The molecular formula is C19H12Cl2F3IO4. The van der Waals surface area contributed by atoms with E-state index in [-0.39, 0.29) is 34.4 Å². The fourth-order valence-electron chi connectivity index (χ4n) is 2.58. The summed E-state index contributed by atoms with van der Waals surface area (Å²) < 4.78 is 56.7. The van der Waals surface area contributed by atoms with E-state index in [0.717, 1.165) is 9.65 Å². The molecule has 2 aromatic rings. The molecule has 1 unspecified atom stereocenters. The molecule has 1 aliphatic rings. The van der Waals surface area contributed by atoms with E-state index in [1.807, 2.05) is 0 Å². The predicted octanol–water partition coefficient (Wildman–Crippen LogP) is 6.66. The maximum absolute atomic E-state index is 13.5. The quantitative estimate of drug-likeness (QED) is 0.311. The summed E-state index contributed by atoms with van der Waals surface area (Å²) in [6, 6.07) is 7.59. The van der Waals surface area contributed by atoms with E-state index in [1.165, 1.54) is 19.1 Å². The molecule has 0 radical (unpaired) electrons. The lowest BCUT2D eigenvalue weighted by molar-refractivity contribution is -0.187. The van der Waals surface area contributed by atoms with Crippen molar-refractivity contribution in [2.45, 2.75) is 19.2 Å². The van der Waals surface area contributed by atoms with Gasteiger partial charge in [0.1, 0.15) is 17.2 Å². The molecule has 154 valence electrons. The third kappa shape index (κ3) is 4.92. The van der Waals surface area contributed by atoms with Crippen LogP contribution in [0.2, 0.25) is 10.0 Å². The lowest BCUT2D eigenvalue weighted by Crippen LogP contribution is -2.40. The SMILES string of the molecule is CCOC(=O)C1=Cc2cc(Cl)c(Oc3ccc(I)cc3Cl)cc2OC1C(F)(F)F. The Bertz CT molecular complexity index is 992. The van der Waals surface area contributed by atoms with Crippen molar-refractivity contribution >= 4 is 57.8 Å². The first-order chi connectivity index (χ1) is 13.6. The monoisotopic (exact) mass is 558 g/mol. The molecule has 4 nitrogen and oxygen atoms in total. The summed E-state index contributed by atoms with van der Waals surface area (Å²) in [6.45, 7) is 1.42. The van der Waals surface area contributed by atoms with Crippen LogP contribution in [0.25, 0.3) is 6.08 Å². The van der Waals surface area contributed by atoms with Crippen molar-refractivity contribution in [1.82, 2.24) is 0 Å². The van der Waals surface area contributed by atoms with Gasteiger partial charge in [-0.15, -0.1) is 0 Å². The zero-order valence-electron chi connectivity index (χ0n) is 14.6. The minimum Gasteiger partial charge on any atom is -0.475 e. The first-order valence-electron chi connectivity index (χ1n) is 8.18. The zero-order valence-corrected chi connectivity index (χ0v) is 18.3. The standard InChI is InChI=1S/C19H12Cl2F3IO4/c1-2-27-18(26)11-5-9-6-12(20)16(8-15(9)29-17(11)19(22,23)24)28-14-4-3-10(25)7-13(14)21/h3-8,17H,2H2,1H3. The van der Waals surface area contributed by atoms with E-state index in [0.29, 0.717) is 5.02 Å². The van der Waals surface area contributed by atoms with Crippen LogP contribution in [0.3, 0.4) is 0 Å². The number of carbonyl (C=O) groups excluding carboxylic acids is 1. The van der Waals surface area contributed by atoms with Gasteiger partial charge in [0.05, 0.1) is 22.2 Å². The molecule has 0 aromatic heterocycles. The molecule has 2 aromatic carbocycles. The van der Waals surface area contributed by atoms with Crippen molar-refractivity contribution in [3.63, 3.8) is 0 Å². The predicted molar refractivity (Wildman–Crippen MR) is 111 cm³/mol. The molecule has 0 aliphatic carbocycles. The molecule has 1 aliphatic heterocycles. The number of hydrogen-bond acceptors (Lipinski definition) is 4. The number of benzene rings is 2. The van der Waals surface area contributed by atoms with Gasteiger partial charge in [0.15, 0.2) is 0 Å². The number of halogens is 6. The van der Waals surface area contributed by atoms with Gasteiger partial charge in [-0.05, 0) is 59.9 Å². The summed E-state index contributed by atoms with van der Waals surface area (Å²) in [6.07, 6.45) is -6.23. The molecule has 0 fully saturated rings. The third-order valence-electron chi connectivity index (χ3n) is 3.82. The summed E-state index contributed by atoms with van der Waals surface area (Å²) in [5.74, 6) is -0.911. The van der Waals surface area contributed by atoms with Crippen LogP contribution in [0.5, 0.6) is 17.2 Å². The minimum atomic E-state index is -4.82. The number of hydrogen-bond donors (Lipinski definition) is 0. The minimum absolute atomic E-state index is 0.0578. The summed E-state index contributed by atoms with van der Waals surface area (Å²) in [5.41, 5.74) is -0.461. The summed E-state index contributed by atoms with van der Waals surface area (Å²) in [7, 11) is 0. The van der Waals surface area contributed by atoms with Crippen molar-refractivity contribution in [3.8, 4) is 17.2 Å². The number of alkyl halides is 3. The van der Waals surface area contributed by atoms with E-state index >= 15 is 0 Å². The molecule has 0 spiro atoms. The first kappa shape index (κ1) is 22.0. The molecular weight excluding hydrogens is 547 g/mol. The number of carbonyl (C=O) groups is 1. The molecule has 0 bridgehead atoms. The fraction of sp³-hybridized carbons (Fsp3) is 0.211. The average molecular weight is 559 g/mol. The second kappa shape index (κ2) is 8.61. The summed E-state index contributed by atoms with van der Waals surface area (Å²) in [4.78, 5) is 12.0. The Balaban J connectivity index is 2.01. The van der Waals surface area contributed by atoms with Gasteiger partial charge < -0.3 is 14.2 Å². The second-order valence-corrected chi connectivity index (χ2v) is 7.92. The molecule has 0 saturated heterocycles. The topological polar surface area (TPSA) is 44.8 Å². The average Bonchev–Trinajstić information content (AvgIpc) is 2.63. The van der Waals surface area contributed by atoms with E-state index in [9.17, 15) is 18.0 Å². The highest BCUT2D eigenvalue weighted by Gasteiger charge is 2.49.